The maximum Gasteiger partial charge on any atom is 0.168 e. The number of nitrogens with zero attached hydrogens (tertiary/aromatic N) is 2. The molecule has 0 atom stereocenters. The van der Waals surface area contributed by atoms with E-state index in [9.17, 15) is 0 Å². The first-order valence-electron chi connectivity index (χ1n) is 8.14. The molecule has 0 saturated carbocycles. The lowest BCUT2D eigenvalue weighted by Crippen LogP contribution is -2.13. The van der Waals surface area contributed by atoms with E-state index in [4.69, 9.17) is 9.98 Å². The molecular formula is C21H17N3S. The van der Waals surface area contributed by atoms with E-state index in [2.05, 4.69) is 17.4 Å². The molecule has 1 heterocycles. The average Bonchev–Trinajstić information content (AvgIpc) is 2.66. The quantitative estimate of drug-likeness (QED) is 0.669. The molecule has 0 fully saturated rings. The van der Waals surface area contributed by atoms with Gasteiger partial charge in [0, 0.05) is 17.0 Å². The second kappa shape index (κ2) is 7.36. The zero-order valence-electron chi connectivity index (χ0n) is 13.6. The van der Waals surface area contributed by atoms with E-state index in [0.29, 0.717) is 0 Å². The fraction of sp³-hybridized carbons (Fsp3) is 0.0476. The topological polar surface area (TPSA) is 36.8 Å². The second-order valence-electron chi connectivity index (χ2n) is 5.63. The molecule has 0 bridgehead atoms. The van der Waals surface area contributed by atoms with Crippen molar-refractivity contribution in [3.63, 3.8) is 0 Å². The maximum atomic E-state index is 4.84. The van der Waals surface area contributed by atoms with Gasteiger partial charge in [-0.15, -0.1) is 0 Å². The van der Waals surface area contributed by atoms with Crippen LogP contribution < -0.4 is 5.32 Å². The maximum absolute atomic E-state index is 4.84. The summed E-state index contributed by atoms with van der Waals surface area (Å²) in [6, 6.07) is 28.4. The molecule has 3 aromatic rings. The molecule has 0 aliphatic carbocycles. The zero-order valence-corrected chi connectivity index (χ0v) is 14.4. The lowest BCUT2D eigenvalue weighted by molar-refractivity contribution is 1.34. The largest absolute Gasteiger partial charge is 0.335 e. The standard InChI is InChI=1S/C21H17N3S/c1-3-9-16(10-4-1)20-23-19-14-8-7-11-17(19)15-25-21(24-20)22-18-12-5-2-6-13-18/h1-14H,15H2,(H,22,23,24). The van der Waals surface area contributed by atoms with E-state index in [1.54, 1.807) is 11.8 Å². The van der Waals surface area contributed by atoms with E-state index in [1.807, 2.05) is 72.8 Å². The summed E-state index contributed by atoms with van der Waals surface area (Å²) in [4.78, 5) is 9.66. The van der Waals surface area contributed by atoms with Gasteiger partial charge in [0.1, 0.15) is 0 Å². The van der Waals surface area contributed by atoms with Crippen LogP contribution in [0.1, 0.15) is 11.1 Å². The molecule has 1 aliphatic heterocycles. The van der Waals surface area contributed by atoms with Gasteiger partial charge in [0.15, 0.2) is 11.0 Å². The second-order valence-corrected chi connectivity index (χ2v) is 6.59. The number of hydrogen-bond donors (Lipinski definition) is 1. The highest BCUT2D eigenvalue weighted by Gasteiger charge is 2.13. The third-order valence-corrected chi connectivity index (χ3v) is 4.77. The average molecular weight is 343 g/mol. The number of fused-ring (bicyclic) bond motifs is 1. The van der Waals surface area contributed by atoms with Crippen LogP contribution in [0.15, 0.2) is 94.9 Å². The van der Waals surface area contributed by atoms with Gasteiger partial charge in [-0.25, -0.2) is 9.98 Å². The molecule has 3 nitrogen and oxygen atoms in total. The van der Waals surface area contributed by atoms with Crippen molar-refractivity contribution in [1.82, 2.24) is 0 Å². The van der Waals surface area contributed by atoms with Crippen molar-refractivity contribution in [3.8, 4) is 0 Å². The summed E-state index contributed by atoms with van der Waals surface area (Å²) in [5, 5.41) is 4.26. The van der Waals surface area contributed by atoms with Crippen molar-refractivity contribution in [3.05, 3.63) is 96.1 Å². The number of para-hydroxylation sites is 2. The van der Waals surface area contributed by atoms with Gasteiger partial charge < -0.3 is 5.32 Å². The first-order chi connectivity index (χ1) is 12.4. The van der Waals surface area contributed by atoms with Gasteiger partial charge >= 0.3 is 0 Å². The smallest absolute Gasteiger partial charge is 0.168 e. The minimum atomic E-state index is 0.721. The lowest BCUT2D eigenvalue weighted by Gasteiger charge is -2.15. The Morgan fingerprint density at radius 1 is 0.720 bits per heavy atom. The molecule has 0 spiro atoms. The molecule has 25 heavy (non-hydrogen) atoms. The predicted octanol–water partition coefficient (Wildman–Crippen LogP) is 5.48. The third kappa shape index (κ3) is 3.80. The Morgan fingerprint density at radius 3 is 2.20 bits per heavy atom. The lowest BCUT2D eigenvalue weighted by atomic mass is 10.2. The first-order valence-corrected chi connectivity index (χ1v) is 9.13. The monoisotopic (exact) mass is 343 g/mol. The summed E-state index contributed by atoms with van der Waals surface area (Å²) in [7, 11) is 0. The summed E-state index contributed by atoms with van der Waals surface area (Å²) in [6.45, 7) is 0. The number of anilines is 1. The highest BCUT2D eigenvalue weighted by Crippen LogP contribution is 2.28. The molecule has 3 aromatic carbocycles. The van der Waals surface area contributed by atoms with Crippen molar-refractivity contribution in [2.24, 2.45) is 9.98 Å². The number of thioether (sulfide) groups is 1. The highest BCUT2D eigenvalue weighted by molar-refractivity contribution is 8.13. The SMILES string of the molecule is c1ccc(NC2=NC(c3ccccc3)=Nc3ccccc3CS2)cc1. The van der Waals surface area contributed by atoms with Gasteiger partial charge in [-0.1, -0.05) is 78.5 Å². The van der Waals surface area contributed by atoms with Crippen LogP contribution in [0.4, 0.5) is 11.4 Å². The fourth-order valence-corrected chi connectivity index (χ4v) is 3.46. The number of nitrogens with one attached hydrogen (secondary N) is 1. The van der Waals surface area contributed by atoms with Gasteiger partial charge in [0.05, 0.1) is 5.69 Å². The minimum absolute atomic E-state index is 0.721. The van der Waals surface area contributed by atoms with E-state index in [1.165, 1.54) is 5.56 Å². The summed E-state index contributed by atoms with van der Waals surface area (Å²) >= 11 is 1.69. The highest BCUT2D eigenvalue weighted by atomic mass is 32.2. The number of hydrogen-bond acceptors (Lipinski definition) is 4. The molecule has 4 heteroatoms. The Morgan fingerprint density at radius 2 is 1.40 bits per heavy atom. The Hall–Kier alpha value is -2.85. The summed E-state index contributed by atoms with van der Waals surface area (Å²) in [5.41, 5.74) is 4.22. The number of amidine groups is 2. The van der Waals surface area contributed by atoms with Crippen LogP contribution in [0.5, 0.6) is 0 Å². The predicted molar refractivity (Wildman–Crippen MR) is 108 cm³/mol. The number of rotatable bonds is 2. The van der Waals surface area contributed by atoms with Gasteiger partial charge in [-0.2, -0.15) is 0 Å². The zero-order chi connectivity index (χ0) is 16.9. The summed E-state index contributed by atoms with van der Waals surface area (Å²) in [6.07, 6.45) is 0. The van der Waals surface area contributed by atoms with E-state index < -0.39 is 0 Å². The van der Waals surface area contributed by atoms with E-state index in [-0.39, 0.29) is 0 Å². The normalized spacial score (nSPS) is 13.8. The van der Waals surface area contributed by atoms with Crippen LogP contribution in [0.2, 0.25) is 0 Å². The van der Waals surface area contributed by atoms with Crippen molar-refractivity contribution in [2.45, 2.75) is 5.75 Å². The molecule has 1 aliphatic rings. The Kier molecular flexibility index (Phi) is 4.61. The van der Waals surface area contributed by atoms with E-state index >= 15 is 0 Å². The third-order valence-electron chi connectivity index (χ3n) is 3.85. The van der Waals surface area contributed by atoms with Crippen LogP contribution >= 0.6 is 11.8 Å². The van der Waals surface area contributed by atoms with Crippen molar-refractivity contribution in [1.29, 1.82) is 0 Å². The van der Waals surface area contributed by atoms with Crippen molar-refractivity contribution in [2.75, 3.05) is 5.32 Å². The molecule has 0 radical (unpaired) electrons. The molecule has 4 rings (SSSR count). The van der Waals surface area contributed by atoms with Gasteiger partial charge in [-0.05, 0) is 23.8 Å². The van der Waals surface area contributed by atoms with E-state index in [0.717, 1.165) is 33.7 Å². The number of benzene rings is 3. The van der Waals surface area contributed by atoms with Crippen LogP contribution in [0.25, 0.3) is 0 Å². The minimum Gasteiger partial charge on any atom is -0.335 e. The summed E-state index contributed by atoms with van der Waals surface area (Å²) < 4.78 is 0. The molecule has 0 saturated heterocycles. The van der Waals surface area contributed by atoms with Gasteiger partial charge in [-0.3, -0.25) is 0 Å². The molecule has 1 N–H and O–H groups in total. The van der Waals surface area contributed by atoms with Crippen molar-refractivity contribution < 1.29 is 0 Å². The first kappa shape index (κ1) is 15.7. The van der Waals surface area contributed by atoms with Gasteiger partial charge in [0.2, 0.25) is 0 Å². The Bertz CT molecular complexity index is 918. The van der Waals surface area contributed by atoms with Crippen molar-refractivity contribution >= 4 is 34.1 Å². The molecule has 0 amide bonds. The van der Waals surface area contributed by atoms with Crippen LogP contribution in [0, 0.1) is 0 Å². The molecular weight excluding hydrogens is 326 g/mol. The summed E-state index contributed by atoms with van der Waals surface area (Å²) in [5.74, 6) is 1.55. The Balaban J connectivity index is 1.76. The molecule has 0 aromatic heterocycles. The molecule has 0 unspecified atom stereocenters. The number of aliphatic imine (C=N–C) groups is 2. The Labute approximate surface area is 151 Å². The molecule has 122 valence electrons. The van der Waals surface area contributed by atoms with Crippen LogP contribution in [-0.4, -0.2) is 11.0 Å². The van der Waals surface area contributed by atoms with Crippen LogP contribution in [0.3, 0.4) is 0 Å². The fourth-order valence-electron chi connectivity index (χ4n) is 2.58. The van der Waals surface area contributed by atoms with Gasteiger partial charge in [0.25, 0.3) is 0 Å². The van der Waals surface area contributed by atoms with Crippen LogP contribution in [-0.2, 0) is 5.75 Å².